The van der Waals surface area contributed by atoms with Gasteiger partial charge in [0.1, 0.15) is 0 Å². The molecular formula is C17H13BrN2O4. The monoisotopic (exact) mass is 388 g/mol. The van der Waals surface area contributed by atoms with Crippen LogP contribution < -0.4 is 11.2 Å². The number of benzene rings is 2. The first-order valence-electron chi connectivity index (χ1n) is 7.10. The SMILES string of the molecule is Cn1c(=O)n(Cc2cccc(Br)c2)c(=O)c2cc(C(=O)O)ccc21. The van der Waals surface area contributed by atoms with Gasteiger partial charge in [0.05, 0.1) is 23.0 Å². The Morgan fingerprint density at radius 1 is 1.17 bits per heavy atom. The average Bonchev–Trinajstić information content (AvgIpc) is 2.56. The molecule has 1 aromatic heterocycles. The quantitative estimate of drug-likeness (QED) is 0.745. The standard InChI is InChI=1S/C17H13BrN2O4/c1-19-14-6-5-11(16(22)23)8-13(14)15(21)20(17(19)24)9-10-3-2-4-12(18)7-10/h2-8H,9H2,1H3,(H,22,23). The van der Waals surface area contributed by atoms with Gasteiger partial charge >= 0.3 is 11.7 Å². The molecule has 122 valence electrons. The summed E-state index contributed by atoms with van der Waals surface area (Å²) < 4.78 is 3.30. The van der Waals surface area contributed by atoms with Crippen molar-refractivity contribution in [3.05, 3.63) is 78.9 Å². The number of hydrogen-bond acceptors (Lipinski definition) is 3. The number of carboxylic acids is 1. The molecule has 6 nitrogen and oxygen atoms in total. The van der Waals surface area contributed by atoms with Gasteiger partial charge in [-0.15, -0.1) is 0 Å². The molecule has 0 radical (unpaired) electrons. The first kappa shape index (κ1) is 16.2. The maximum Gasteiger partial charge on any atom is 0.335 e. The maximum atomic E-state index is 12.7. The first-order valence-corrected chi connectivity index (χ1v) is 7.89. The van der Waals surface area contributed by atoms with Crippen molar-refractivity contribution in [2.75, 3.05) is 0 Å². The molecule has 1 heterocycles. The van der Waals surface area contributed by atoms with Gasteiger partial charge in [0.2, 0.25) is 0 Å². The number of aromatic carboxylic acids is 1. The summed E-state index contributed by atoms with van der Waals surface area (Å²) >= 11 is 3.36. The molecule has 0 saturated carbocycles. The Balaban J connectivity index is 2.26. The van der Waals surface area contributed by atoms with E-state index in [0.29, 0.717) is 5.52 Å². The lowest BCUT2D eigenvalue weighted by Crippen LogP contribution is -2.39. The van der Waals surface area contributed by atoms with Gasteiger partial charge in [-0.3, -0.25) is 13.9 Å². The third-order valence-electron chi connectivity index (χ3n) is 3.83. The summed E-state index contributed by atoms with van der Waals surface area (Å²) in [6.07, 6.45) is 0. The highest BCUT2D eigenvalue weighted by molar-refractivity contribution is 9.10. The molecule has 0 atom stereocenters. The molecular weight excluding hydrogens is 376 g/mol. The second kappa shape index (κ2) is 6.09. The van der Waals surface area contributed by atoms with Crippen molar-refractivity contribution in [3.8, 4) is 0 Å². The van der Waals surface area contributed by atoms with E-state index in [9.17, 15) is 14.4 Å². The Labute approximate surface area is 144 Å². The van der Waals surface area contributed by atoms with Gasteiger partial charge in [-0.1, -0.05) is 28.1 Å². The number of rotatable bonds is 3. The van der Waals surface area contributed by atoms with Gasteiger partial charge in [0.15, 0.2) is 0 Å². The summed E-state index contributed by atoms with van der Waals surface area (Å²) in [6.45, 7) is 0.109. The number of carbonyl (C=O) groups is 1. The van der Waals surface area contributed by atoms with Crippen molar-refractivity contribution in [1.82, 2.24) is 9.13 Å². The third-order valence-corrected chi connectivity index (χ3v) is 4.32. The van der Waals surface area contributed by atoms with Crippen LogP contribution in [0.2, 0.25) is 0 Å². The van der Waals surface area contributed by atoms with Crippen LogP contribution in [-0.2, 0) is 13.6 Å². The summed E-state index contributed by atoms with van der Waals surface area (Å²) in [7, 11) is 1.56. The van der Waals surface area contributed by atoms with E-state index in [0.717, 1.165) is 14.6 Å². The van der Waals surface area contributed by atoms with Gasteiger partial charge < -0.3 is 5.11 Å². The van der Waals surface area contributed by atoms with E-state index in [1.165, 1.54) is 22.8 Å². The summed E-state index contributed by atoms with van der Waals surface area (Å²) in [4.78, 5) is 36.4. The van der Waals surface area contributed by atoms with E-state index < -0.39 is 17.2 Å². The minimum atomic E-state index is -1.12. The van der Waals surface area contributed by atoms with E-state index >= 15 is 0 Å². The normalized spacial score (nSPS) is 10.9. The number of halogens is 1. The fourth-order valence-electron chi connectivity index (χ4n) is 2.61. The second-order valence-corrected chi connectivity index (χ2v) is 6.32. The van der Waals surface area contributed by atoms with Crippen LogP contribution in [0.5, 0.6) is 0 Å². The Hall–Kier alpha value is -2.67. The lowest BCUT2D eigenvalue weighted by atomic mass is 10.1. The topological polar surface area (TPSA) is 81.3 Å². The van der Waals surface area contributed by atoms with Gasteiger partial charge in [-0.2, -0.15) is 0 Å². The van der Waals surface area contributed by atoms with Crippen molar-refractivity contribution in [3.63, 3.8) is 0 Å². The van der Waals surface area contributed by atoms with E-state index in [-0.39, 0.29) is 17.5 Å². The van der Waals surface area contributed by atoms with Gasteiger partial charge in [0.25, 0.3) is 5.56 Å². The molecule has 3 aromatic rings. The van der Waals surface area contributed by atoms with Gasteiger partial charge in [-0.25, -0.2) is 9.59 Å². The fraction of sp³-hybridized carbons (Fsp3) is 0.118. The van der Waals surface area contributed by atoms with Crippen molar-refractivity contribution >= 4 is 32.8 Å². The molecule has 0 saturated heterocycles. The third kappa shape index (κ3) is 2.78. The predicted octanol–water partition coefficient (Wildman–Crippen LogP) is 2.21. The lowest BCUT2D eigenvalue weighted by Gasteiger charge is -2.11. The molecule has 0 fully saturated rings. The highest BCUT2D eigenvalue weighted by atomic mass is 79.9. The molecule has 0 aliphatic rings. The van der Waals surface area contributed by atoms with Crippen molar-refractivity contribution < 1.29 is 9.90 Å². The zero-order chi connectivity index (χ0) is 17.4. The van der Waals surface area contributed by atoms with Crippen molar-refractivity contribution in [2.45, 2.75) is 6.54 Å². The van der Waals surface area contributed by atoms with Crippen LogP contribution in [0.3, 0.4) is 0 Å². The van der Waals surface area contributed by atoms with Crippen LogP contribution >= 0.6 is 15.9 Å². The van der Waals surface area contributed by atoms with Crippen LogP contribution in [0.1, 0.15) is 15.9 Å². The van der Waals surface area contributed by atoms with Crippen molar-refractivity contribution in [2.24, 2.45) is 7.05 Å². The average molecular weight is 389 g/mol. The molecule has 3 rings (SSSR count). The van der Waals surface area contributed by atoms with E-state index in [4.69, 9.17) is 5.11 Å². The smallest absolute Gasteiger partial charge is 0.335 e. The van der Waals surface area contributed by atoms with Crippen LogP contribution in [-0.4, -0.2) is 20.2 Å². The Kier molecular flexibility index (Phi) is 4.11. The number of nitrogens with zero attached hydrogens (tertiary/aromatic N) is 2. The van der Waals surface area contributed by atoms with Crippen LogP contribution in [0.15, 0.2) is 56.5 Å². The Bertz CT molecular complexity index is 1080. The molecule has 1 N–H and O–H groups in total. The largest absolute Gasteiger partial charge is 0.478 e. The lowest BCUT2D eigenvalue weighted by molar-refractivity contribution is 0.0697. The number of hydrogen-bond donors (Lipinski definition) is 1. The van der Waals surface area contributed by atoms with E-state index in [2.05, 4.69) is 15.9 Å². The van der Waals surface area contributed by atoms with Crippen LogP contribution in [0.4, 0.5) is 0 Å². The molecule has 0 spiro atoms. The van der Waals surface area contributed by atoms with Crippen LogP contribution in [0.25, 0.3) is 10.9 Å². The zero-order valence-corrected chi connectivity index (χ0v) is 14.3. The molecule has 2 aromatic carbocycles. The highest BCUT2D eigenvalue weighted by Gasteiger charge is 2.13. The molecule has 0 aliphatic carbocycles. The summed E-state index contributed by atoms with van der Waals surface area (Å²) in [5.41, 5.74) is 0.247. The Morgan fingerprint density at radius 3 is 2.58 bits per heavy atom. The molecule has 0 bridgehead atoms. The van der Waals surface area contributed by atoms with E-state index in [1.807, 2.05) is 24.3 Å². The summed E-state index contributed by atoms with van der Waals surface area (Å²) in [5.74, 6) is -1.12. The molecule has 0 unspecified atom stereocenters. The molecule has 7 heteroatoms. The van der Waals surface area contributed by atoms with Crippen LogP contribution in [0, 0.1) is 0 Å². The highest BCUT2D eigenvalue weighted by Crippen LogP contribution is 2.13. The number of aromatic nitrogens is 2. The molecule has 0 amide bonds. The summed E-state index contributed by atoms with van der Waals surface area (Å²) in [6, 6.07) is 11.5. The minimum absolute atomic E-state index is 0.00672. The summed E-state index contributed by atoms with van der Waals surface area (Å²) in [5, 5.41) is 9.31. The molecule has 0 aliphatic heterocycles. The Morgan fingerprint density at radius 2 is 1.92 bits per heavy atom. The number of aryl methyl sites for hydroxylation is 1. The minimum Gasteiger partial charge on any atom is -0.478 e. The molecule has 24 heavy (non-hydrogen) atoms. The second-order valence-electron chi connectivity index (χ2n) is 5.40. The fourth-order valence-corrected chi connectivity index (χ4v) is 3.05. The first-order chi connectivity index (χ1) is 11.4. The zero-order valence-electron chi connectivity index (χ0n) is 12.7. The maximum absolute atomic E-state index is 12.7. The van der Waals surface area contributed by atoms with E-state index in [1.54, 1.807) is 7.05 Å². The van der Waals surface area contributed by atoms with Gasteiger partial charge in [0, 0.05) is 11.5 Å². The van der Waals surface area contributed by atoms with Gasteiger partial charge in [-0.05, 0) is 35.9 Å². The predicted molar refractivity (Wildman–Crippen MR) is 93.7 cm³/mol. The number of fused-ring (bicyclic) bond motifs is 1. The number of carboxylic acid groups (broad SMARTS) is 1. The van der Waals surface area contributed by atoms with Crippen molar-refractivity contribution in [1.29, 1.82) is 0 Å².